The summed E-state index contributed by atoms with van der Waals surface area (Å²) < 4.78 is 24.5. The van der Waals surface area contributed by atoms with Crippen LogP contribution in [0.5, 0.6) is 0 Å². The van der Waals surface area contributed by atoms with E-state index in [-0.39, 0.29) is 5.25 Å². The fourth-order valence-electron chi connectivity index (χ4n) is 1.96. The molecule has 1 aromatic rings. The predicted molar refractivity (Wildman–Crippen MR) is 63.3 cm³/mol. The van der Waals surface area contributed by atoms with Crippen molar-refractivity contribution in [3.63, 3.8) is 0 Å². The highest BCUT2D eigenvalue weighted by Gasteiger charge is 2.28. The molecule has 87 valence electrons. The van der Waals surface area contributed by atoms with E-state index in [4.69, 9.17) is 0 Å². The number of hydrogen-bond acceptors (Lipinski definition) is 2. The third kappa shape index (κ3) is 2.28. The Morgan fingerprint density at radius 3 is 2.25 bits per heavy atom. The van der Waals surface area contributed by atoms with Gasteiger partial charge in [0.15, 0.2) is 9.84 Å². The summed E-state index contributed by atoms with van der Waals surface area (Å²) in [5.74, 6) is 0. The lowest BCUT2D eigenvalue weighted by Gasteiger charge is -2.21. The standard InChI is InChI=1S/C12H16NO2S/c1-10-2-4-11(5-3-10)16(14,15)12-6-8-13-9-7-12/h2-5,12H,6-9H2,1H3. The van der Waals surface area contributed by atoms with E-state index in [2.05, 4.69) is 5.32 Å². The molecule has 0 N–H and O–H groups in total. The summed E-state index contributed by atoms with van der Waals surface area (Å²) in [5, 5.41) is 3.94. The van der Waals surface area contributed by atoms with E-state index in [1.807, 2.05) is 19.1 Å². The smallest absolute Gasteiger partial charge is 0.181 e. The first-order valence-corrected chi connectivity index (χ1v) is 7.09. The lowest BCUT2D eigenvalue weighted by Crippen LogP contribution is -2.32. The first-order chi connectivity index (χ1) is 7.60. The zero-order valence-corrected chi connectivity index (χ0v) is 10.2. The van der Waals surface area contributed by atoms with Crippen molar-refractivity contribution in [2.45, 2.75) is 29.9 Å². The van der Waals surface area contributed by atoms with Gasteiger partial charge >= 0.3 is 0 Å². The number of nitrogens with zero attached hydrogens (tertiary/aromatic N) is 1. The molecule has 0 unspecified atom stereocenters. The van der Waals surface area contributed by atoms with Crippen LogP contribution >= 0.6 is 0 Å². The van der Waals surface area contributed by atoms with E-state index < -0.39 is 9.84 Å². The number of hydrogen-bond donors (Lipinski definition) is 0. The first kappa shape index (κ1) is 11.6. The third-order valence-corrected chi connectivity index (χ3v) is 5.29. The normalized spacial score (nSPS) is 18.6. The van der Waals surface area contributed by atoms with Gasteiger partial charge in [0.05, 0.1) is 10.1 Å². The Morgan fingerprint density at radius 2 is 1.69 bits per heavy atom. The lowest BCUT2D eigenvalue weighted by atomic mass is 10.2. The van der Waals surface area contributed by atoms with Crippen LogP contribution in [-0.4, -0.2) is 26.8 Å². The van der Waals surface area contributed by atoms with Crippen molar-refractivity contribution in [3.05, 3.63) is 29.8 Å². The van der Waals surface area contributed by atoms with Crippen LogP contribution in [0.3, 0.4) is 0 Å². The molecule has 1 aliphatic rings. The fourth-order valence-corrected chi connectivity index (χ4v) is 3.69. The second-order valence-corrected chi connectivity index (χ2v) is 6.46. The van der Waals surface area contributed by atoms with Crippen LogP contribution in [0, 0.1) is 6.92 Å². The second kappa shape index (κ2) is 4.55. The van der Waals surface area contributed by atoms with Crippen molar-refractivity contribution in [1.82, 2.24) is 5.32 Å². The molecule has 0 saturated carbocycles. The molecule has 1 aliphatic heterocycles. The Kier molecular flexibility index (Phi) is 3.30. The largest absolute Gasteiger partial charge is 0.242 e. The number of rotatable bonds is 2. The van der Waals surface area contributed by atoms with E-state index in [9.17, 15) is 8.42 Å². The first-order valence-electron chi connectivity index (χ1n) is 5.54. The summed E-state index contributed by atoms with van der Waals surface area (Å²) >= 11 is 0. The van der Waals surface area contributed by atoms with E-state index in [0.717, 1.165) is 5.56 Å². The highest BCUT2D eigenvalue weighted by molar-refractivity contribution is 7.92. The molecule has 1 aromatic carbocycles. The van der Waals surface area contributed by atoms with Crippen molar-refractivity contribution < 1.29 is 8.42 Å². The van der Waals surface area contributed by atoms with Gasteiger partial charge in [-0.05, 0) is 31.9 Å². The van der Waals surface area contributed by atoms with Gasteiger partial charge in [-0.15, -0.1) is 0 Å². The topological polar surface area (TPSA) is 48.2 Å². The predicted octanol–water partition coefficient (Wildman–Crippen LogP) is 1.54. The minimum atomic E-state index is -3.14. The van der Waals surface area contributed by atoms with Crippen LogP contribution < -0.4 is 5.32 Å². The Balaban J connectivity index is 2.27. The summed E-state index contributed by atoms with van der Waals surface area (Å²) in [6.45, 7) is 3.31. The van der Waals surface area contributed by atoms with Gasteiger partial charge in [0.1, 0.15) is 0 Å². The van der Waals surface area contributed by atoms with Gasteiger partial charge in [-0.2, -0.15) is 0 Å². The monoisotopic (exact) mass is 238 g/mol. The Morgan fingerprint density at radius 1 is 1.12 bits per heavy atom. The van der Waals surface area contributed by atoms with E-state index in [1.54, 1.807) is 12.1 Å². The summed E-state index contributed by atoms with van der Waals surface area (Å²) in [5.41, 5.74) is 1.08. The molecular formula is C12H16NO2S. The number of benzene rings is 1. The Hall–Kier alpha value is -0.870. The van der Waals surface area contributed by atoms with Crippen LogP contribution in [-0.2, 0) is 9.84 Å². The van der Waals surface area contributed by atoms with Crippen LogP contribution in [0.15, 0.2) is 29.2 Å². The van der Waals surface area contributed by atoms with Crippen LogP contribution in [0.2, 0.25) is 0 Å². The van der Waals surface area contributed by atoms with Crippen LogP contribution in [0.4, 0.5) is 0 Å². The average Bonchev–Trinajstić information content (AvgIpc) is 2.31. The molecule has 1 fully saturated rings. The highest BCUT2D eigenvalue weighted by Crippen LogP contribution is 2.22. The number of aryl methyl sites for hydroxylation is 1. The molecule has 0 aliphatic carbocycles. The molecule has 0 atom stereocenters. The van der Waals surface area contributed by atoms with E-state index in [1.165, 1.54) is 0 Å². The maximum atomic E-state index is 12.3. The summed E-state index contributed by atoms with van der Waals surface area (Å²) in [4.78, 5) is 0.449. The molecule has 4 heteroatoms. The maximum absolute atomic E-state index is 12.3. The summed E-state index contributed by atoms with van der Waals surface area (Å²) in [7, 11) is -3.14. The van der Waals surface area contributed by atoms with Crippen LogP contribution in [0.1, 0.15) is 18.4 Å². The zero-order valence-electron chi connectivity index (χ0n) is 9.39. The second-order valence-electron chi connectivity index (χ2n) is 4.23. The van der Waals surface area contributed by atoms with Crippen molar-refractivity contribution in [2.24, 2.45) is 0 Å². The molecule has 0 aromatic heterocycles. The molecule has 16 heavy (non-hydrogen) atoms. The van der Waals surface area contributed by atoms with Gasteiger partial charge in [-0.3, -0.25) is 0 Å². The van der Waals surface area contributed by atoms with Gasteiger partial charge in [-0.25, -0.2) is 13.7 Å². The van der Waals surface area contributed by atoms with Gasteiger partial charge in [0.25, 0.3) is 0 Å². The van der Waals surface area contributed by atoms with E-state index in [0.29, 0.717) is 30.8 Å². The molecule has 2 rings (SSSR count). The minimum Gasteiger partial charge on any atom is -0.242 e. The summed E-state index contributed by atoms with van der Waals surface area (Å²) in [6.07, 6.45) is 1.33. The molecule has 1 saturated heterocycles. The SMILES string of the molecule is Cc1ccc(S(=O)(=O)C2CC[N]CC2)cc1. The molecule has 0 bridgehead atoms. The zero-order chi connectivity index (χ0) is 11.6. The van der Waals surface area contributed by atoms with Crippen molar-refractivity contribution in [2.75, 3.05) is 13.1 Å². The quantitative estimate of drug-likeness (QED) is 0.784. The van der Waals surface area contributed by atoms with Crippen molar-refractivity contribution >= 4 is 9.84 Å². The van der Waals surface area contributed by atoms with Crippen molar-refractivity contribution in [3.8, 4) is 0 Å². The molecule has 1 heterocycles. The van der Waals surface area contributed by atoms with Crippen LogP contribution in [0.25, 0.3) is 0 Å². The van der Waals surface area contributed by atoms with Gasteiger partial charge < -0.3 is 0 Å². The highest BCUT2D eigenvalue weighted by atomic mass is 32.2. The van der Waals surface area contributed by atoms with Gasteiger partial charge in [0.2, 0.25) is 0 Å². The van der Waals surface area contributed by atoms with E-state index >= 15 is 0 Å². The molecule has 0 amide bonds. The number of sulfone groups is 1. The molecule has 3 nitrogen and oxygen atoms in total. The molecule has 0 spiro atoms. The minimum absolute atomic E-state index is 0.243. The molecular weight excluding hydrogens is 222 g/mol. The third-order valence-electron chi connectivity index (χ3n) is 3.01. The van der Waals surface area contributed by atoms with Gasteiger partial charge in [0, 0.05) is 13.1 Å². The van der Waals surface area contributed by atoms with Gasteiger partial charge in [-0.1, -0.05) is 17.7 Å². The summed E-state index contributed by atoms with van der Waals surface area (Å²) in [6, 6.07) is 7.10. The maximum Gasteiger partial charge on any atom is 0.181 e. The fraction of sp³-hybridized carbons (Fsp3) is 0.500. The number of piperidine rings is 1. The Bertz CT molecular complexity index is 444. The molecule has 1 radical (unpaired) electrons. The lowest BCUT2D eigenvalue weighted by molar-refractivity contribution is 0.490. The van der Waals surface area contributed by atoms with Crippen molar-refractivity contribution in [1.29, 1.82) is 0 Å². The Labute approximate surface area is 96.8 Å². The average molecular weight is 238 g/mol.